The maximum atomic E-state index is 13.6. The van der Waals surface area contributed by atoms with Gasteiger partial charge in [-0.2, -0.15) is 0 Å². The van der Waals surface area contributed by atoms with Gasteiger partial charge in [0.1, 0.15) is 5.82 Å². The second-order valence-electron chi connectivity index (χ2n) is 4.90. The first-order chi connectivity index (χ1) is 9.11. The van der Waals surface area contributed by atoms with E-state index in [0.717, 1.165) is 12.8 Å². The van der Waals surface area contributed by atoms with Crippen LogP contribution in [0.2, 0.25) is 5.02 Å². The van der Waals surface area contributed by atoms with Gasteiger partial charge in [0.25, 0.3) is 0 Å². The van der Waals surface area contributed by atoms with Crippen LogP contribution in [0.25, 0.3) is 0 Å². The van der Waals surface area contributed by atoms with E-state index in [9.17, 15) is 9.18 Å². The number of benzene rings is 1. The fourth-order valence-electron chi connectivity index (χ4n) is 2.18. The zero-order chi connectivity index (χ0) is 13.8. The molecular weight excluding hydrogens is 269 g/mol. The van der Waals surface area contributed by atoms with Crippen LogP contribution in [-0.2, 0) is 11.2 Å². The molecule has 1 aromatic carbocycles. The van der Waals surface area contributed by atoms with Gasteiger partial charge >= 0.3 is 0 Å². The van der Waals surface area contributed by atoms with Crippen LogP contribution in [0.1, 0.15) is 24.8 Å². The van der Waals surface area contributed by atoms with Crippen molar-refractivity contribution in [2.75, 3.05) is 6.61 Å². The molecule has 19 heavy (non-hydrogen) atoms. The molecule has 0 aromatic heterocycles. The van der Waals surface area contributed by atoms with Gasteiger partial charge in [-0.25, -0.2) is 4.39 Å². The van der Waals surface area contributed by atoms with Crippen molar-refractivity contribution >= 4 is 17.5 Å². The molecule has 1 unspecified atom stereocenters. The lowest BCUT2D eigenvalue weighted by Crippen LogP contribution is -2.38. The molecule has 1 aliphatic carbocycles. The Morgan fingerprint density at radius 2 is 2.26 bits per heavy atom. The van der Waals surface area contributed by atoms with Crippen molar-refractivity contribution in [1.82, 2.24) is 5.32 Å². The third-order valence-electron chi connectivity index (χ3n) is 3.38. The number of carbonyl (C=O) groups is 1. The summed E-state index contributed by atoms with van der Waals surface area (Å²) in [6.07, 6.45) is 2.62. The number of aliphatic hydroxyl groups is 1. The third kappa shape index (κ3) is 3.91. The topological polar surface area (TPSA) is 49.3 Å². The molecule has 2 rings (SSSR count). The number of hydrogen-bond donors (Lipinski definition) is 2. The minimum absolute atomic E-state index is 0.0111. The molecule has 1 aromatic rings. The first-order valence-corrected chi connectivity index (χ1v) is 6.82. The van der Waals surface area contributed by atoms with Crippen LogP contribution in [0, 0.1) is 11.7 Å². The average Bonchev–Trinajstić information content (AvgIpc) is 3.18. The number of halogens is 2. The fourth-order valence-corrected chi connectivity index (χ4v) is 2.41. The van der Waals surface area contributed by atoms with Crippen molar-refractivity contribution in [3.8, 4) is 0 Å². The highest BCUT2D eigenvalue weighted by Gasteiger charge is 2.31. The maximum absolute atomic E-state index is 13.6. The summed E-state index contributed by atoms with van der Waals surface area (Å²) in [7, 11) is 0. The Labute approximate surface area is 116 Å². The first-order valence-electron chi connectivity index (χ1n) is 6.45. The van der Waals surface area contributed by atoms with Gasteiger partial charge in [0.2, 0.25) is 5.91 Å². The van der Waals surface area contributed by atoms with E-state index in [2.05, 4.69) is 5.32 Å². The van der Waals surface area contributed by atoms with Crippen molar-refractivity contribution in [3.05, 3.63) is 34.6 Å². The molecule has 1 aliphatic rings. The molecule has 0 spiro atoms. The van der Waals surface area contributed by atoms with Crippen LogP contribution < -0.4 is 5.32 Å². The SMILES string of the molecule is O=C(Cc1c(F)cccc1Cl)NC(CCO)C1CC1. The number of hydrogen-bond acceptors (Lipinski definition) is 2. The monoisotopic (exact) mass is 285 g/mol. The van der Waals surface area contributed by atoms with Crippen LogP contribution in [0.3, 0.4) is 0 Å². The van der Waals surface area contributed by atoms with Gasteiger partial charge in [0.15, 0.2) is 0 Å². The normalized spacial score (nSPS) is 16.2. The molecule has 0 heterocycles. The van der Waals surface area contributed by atoms with E-state index in [1.165, 1.54) is 12.1 Å². The molecule has 1 atom stereocenters. The molecule has 1 saturated carbocycles. The summed E-state index contributed by atoms with van der Waals surface area (Å²) in [6, 6.07) is 4.36. The Kier molecular flexibility index (Phi) is 4.77. The molecular formula is C14H17ClFNO2. The van der Waals surface area contributed by atoms with Gasteiger partial charge in [-0.05, 0) is 37.3 Å². The van der Waals surface area contributed by atoms with Gasteiger partial charge in [-0.3, -0.25) is 4.79 Å². The average molecular weight is 286 g/mol. The Morgan fingerprint density at radius 1 is 1.53 bits per heavy atom. The van der Waals surface area contributed by atoms with Crippen LogP contribution in [0.4, 0.5) is 4.39 Å². The molecule has 3 nitrogen and oxygen atoms in total. The predicted octanol–water partition coefficient (Wildman–Crippen LogP) is 2.30. The van der Waals surface area contributed by atoms with E-state index < -0.39 is 5.82 Å². The molecule has 1 amide bonds. The Morgan fingerprint density at radius 3 is 2.84 bits per heavy atom. The van der Waals surface area contributed by atoms with E-state index in [4.69, 9.17) is 16.7 Å². The lowest BCUT2D eigenvalue weighted by Gasteiger charge is -2.17. The van der Waals surface area contributed by atoms with Crippen molar-refractivity contribution in [2.45, 2.75) is 31.7 Å². The van der Waals surface area contributed by atoms with Crippen molar-refractivity contribution < 1.29 is 14.3 Å². The van der Waals surface area contributed by atoms with Gasteiger partial charge in [-0.1, -0.05) is 17.7 Å². The highest BCUT2D eigenvalue weighted by molar-refractivity contribution is 6.31. The summed E-state index contributed by atoms with van der Waals surface area (Å²) in [5, 5.41) is 12.1. The molecule has 104 valence electrons. The van der Waals surface area contributed by atoms with E-state index in [0.29, 0.717) is 12.3 Å². The molecule has 1 fully saturated rings. The van der Waals surface area contributed by atoms with Gasteiger partial charge < -0.3 is 10.4 Å². The van der Waals surface area contributed by atoms with E-state index >= 15 is 0 Å². The summed E-state index contributed by atoms with van der Waals surface area (Å²) in [5.41, 5.74) is 0.222. The largest absolute Gasteiger partial charge is 0.396 e. The third-order valence-corrected chi connectivity index (χ3v) is 3.73. The zero-order valence-electron chi connectivity index (χ0n) is 10.5. The first kappa shape index (κ1) is 14.3. The Bertz CT molecular complexity index is 443. The second-order valence-corrected chi connectivity index (χ2v) is 5.31. The van der Waals surface area contributed by atoms with Crippen LogP contribution in [0.15, 0.2) is 18.2 Å². The second kappa shape index (κ2) is 6.35. The number of amides is 1. The zero-order valence-corrected chi connectivity index (χ0v) is 11.3. The number of rotatable bonds is 6. The van der Waals surface area contributed by atoms with Crippen molar-refractivity contribution in [3.63, 3.8) is 0 Å². The summed E-state index contributed by atoms with van der Waals surface area (Å²) in [6.45, 7) is 0.0436. The minimum Gasteiger partial charge on any atom is -0.396 e. The summed E-state index contributed by atoms with van der Waals surface area (Å²) >= 11 is 5.89. The summed E-state index contributed by atoms with van der Waals surface area (Å²) in [4.78, 5) is 11.9. The van der Waals surface area contributed by atoms with Crippen LogP contribution >= 0.6 is 11.6 Å². The number of carbonyl (C=O) groups excluding carboxylic acids is 1. The van der Waals surface area contributed by atoms with Gasteiger partial charge in [0, 0.05) is 23.2 Å². The highest BCUT2D eigenvalue weighted by Crippen LogP contribution is 2.34. The smallest absolute Gasteiger partial charge is 0.224 e. The van der Waals surface area contributed by atoms with Crippen LogP contribution in [-0.4, -0.2) is 23.7 Å². The molecule has 0 aliphatic heterocycles. The van der Waals surface area contributed by atoms with E-state index in [1.54, 1.807) is 6.07 Å². The van der Waals surface area contributed by atoms with E-state index in [1.807, 2.05) is 0 Å². The predicted molar refractivity (Wildman–Crippen MR) is 71.5 cm³/mol. The standard InChI is InChI=1S/C14H17ClFNO2/c15-11-2-1-3-12(16)10(11)8-14(19)17-13(6-7-18)9-4-5-9/h1-3,9,13,18H,4-8H2,(H,17,19). The van der Waals surface area contributed by atoms with Gasteiger partial charge in [0.05, 0.1) is 6.42 Å². The lowest BCUT2D eigenvalue weighted by atomic mass is 10.1. The van der Waals surface area contributed by atoms with Crippen molar-refractivity contribution in [2.24, 2.45) is 5.92 Å². The fraction of sp³-hybridized carbons (Fsp3) is 0.500. The van der Waals surface area contributed by atoms with Crippen LogP contribution in [0.5, 0.6) is 0 Å². The summed E-state index contributed by atoms with van der Waals surface area (Å²) < 4.78 is 13.6. The maximum Gasteiger partial charge on any atom is 0.224 e. The van der Waals surface area contributed by atoms with Gasteiger partial charge in [-0.15, -0.1) is 0 Å². The molecule has 2 N–H and O–H groups in total. The van der Waals surface area contributed by atoms with Crippen molar-refractivity contribution in [1.29, 1.82) is 0 Å². The minimum atomic E-state index is -0.465. The molecule has 5 heteroatoms. The lowest BCUT2D eigenvalue weighted by molar-refractivity contribution is -0.121. The number of aliphatic hydroxyl groups excluding tert-OH is 1. The van der Waals surface area contributed by atoms with E-state index in [-0.39, 0.29) is 35.6 Å². The number of nitrogens with one attached hydrogen (secondary N) is 1. The quantitative estimate of drug-likeness (QED) is 0.843. The Balaban J connectivity index is 1.96. The Hall–Kier alpha value is -1.13. The molecule has 0 saturated heterocycles. The summed E-state index contributed by atoms with van der Waals surface area (Å²) in [5.74, 6) is -0.266. The highest BCUT2D eigenvalue weighted by atomic mass is 35.5. The molecule has 0 bridgehead atoms. The molecule has 0 radical (unpaired) electrons.